The fraction of sp³-hybridized carbons (Fsp3) is 0.286. The van der Waals surface area contributed by atoms with Crippen molar-refractivity contribution < 1.29 is 14.3 Å². The Labute approximate surface area is 162 Å². The van der Waals surface area contributed by atoms with Gasteiger partial charge in [-0.25, -0.2) is 9.78 Å². The summed E-state index contributed by atoms with van der Waals surface area (Å²) in [6.07, 6.45) is -0.484. The Kier molecular flexibility index (Phi) is 5.75. The molecule has 3 aromatic rings. The highest BCUT2D eigenvalue weighted by molar-refractivity contribution is 5.79. The highest BCUT2D eigenvalue weighted by Gasteiger charge is 2.21. The molecule has 2 aromatic carbocycles. The minimum absolute atomic E-state index is 0.161. The lowest BCUT2D eigenvalue weighted by Crippen LogP contribution is -2.30. The van der Waals surface area contributed by atoms with Gasteiger partial charge in [-0.2, -0.15) is 0 Å². The molecule has 1 aromatic heterocycles. The highest BCUT2D eigenvalue weighted by atomic mass is 16.5. The standard InChI is InChI=1S/C21H23N3O4/c1-21(2,28-13-12-22-20(26)27-3)15-10-8-14(9-11-15)18-23-17-7-5-4-6-16(17)19(25)24-18/h4-11H,12-13H2,1-3H3,(H,22,26)(H,23,24,25). The lowest BCUT2D eigenvalue weighted by atomic mass is 9.96. The van der Waals surface area contributed by atoms with Crippen LogP contribution in [-0.4, -0.2) is 36.3 Å². The summed E-state index contributed by atoms with van der Waals surface area (Å²) in [6.45, 7) is 4.62. The van der Waals surface area contributed by atoms with Gasteiger partial charge in [0.15, 0.2) is 0 Å². The molecule has 0 radical (unpaired) electrons. The summed E-state index contributed by atoms with van der Waals surface area (Å²) >= 11 is 0. The van der Waals surface area contributed by atoms with Crippen LogP contribution in [0.1, 0.15) is 19.4 Å². The van der Waals surface area contributed by atoms with Crippen molar-refractivity contribution in [1.29, 1.82) is 0 Å². The Bertz CT molecular complexity index is 1030. The molecule has 0 aliphatic carbocycles. The Morgan fingerprint density at radius 3 is 2.57 bits per heavy atom. The van der Waals surface area contributed by atoms with E-state index < -0.39 is 11.7 Å². The number of alkyl carbamates (subject to hydrolysis) is 1. The number of ether oxygens (including phenoxy) is 2. The van der Waals surface area contributed by atoms with Gasteiger partial charge in [0.25, 0.3) is 5.56 Å². The van der Waals surface area contributed by atoms with Crippen molar-refractivity contribution in [3.8, 4) is 11.4 Å². The van der Waals surface area contributed by atoms with Crippen LogP contribution in [0.25, 0.3) is 22.3 Å². The maximum Gasteiger partial charge on any atom is 0.406 e. The molecule has 2 N–H and O–H groups in total. The Morgan fingerprint density at radius 1 is 1.14 bits per heavy atom. The van der Waals surface area contributed by atoms with E-state index in [0.29, 0.717) is 29.9 Å². The maximum absolute atomic E-state index is 12.3. The summed E-state index contributed by atoms with van der Waals surface area (Å²) in [5, 5.41) is 3.15. The van der Waals surface area contributed by atoms with Gasteiger partial charge in [-0.3, -0.25) is 4.79 Å². The Hall–Kier alpha value is -3.19. The molecule has 0 spiro atoms. The first-order chi connectivity index (χ1) is 13.4. The lowest BCUT2D eigenvalue weighted by molar-refractivity contribution is -0.0195. The van der Waals surface area contributed by atoms with Crippen molar-refractivity contribution >= 4 is 17.0 Å². The highest BCUT2D eigenvalue weighted by Crippen LogP contribution is 2.26. The number of H-pyrrole nitrogens is 1. The quantitative estimate of drug-likeness (QED) is 0.640. The smallest absolute Gasteiger partial charge is 0.406 e. The maximum atomic E-state index is 12.3. The van der Waals surface area contributed by atoms with Crippen LogP contribution in [0.3, 0.4) is 0 Å². The zero-order chi connectivity index (χ0) is 20.1. The van der Waals surface area contributed by atoms with Crippen LogP contribution in [0, 0.1) is 0 Å². The second-order valence-electron chi connectivity index (χ2n) is 6.79. The number of carbonyl (C=O) groups excluding carboxylic acids is 1. The molecule has 146 valence electrons. The summed E-state index contributed by atoms with van der Waals surface area (Å²) in [7, 11) is 1.32. The van der Waals surface area contributed by atoms with Crippen molar-refractivity contribution in [1.82, 2.24) is 15.3 Å². The molecular formula is C21H23N3O4. The lowest BCUT2D eigenvalue weighted by Gasteiger charge is -2.26. The predicted octanol–water partition coefficient (Wildman–Crippen LogP) is 3.20. The van der Waals surface area contributed by atoms with Gasteiger partial charge in [-0.1, -0.05) is 36.4 Å². The Balaban J connectivity index is 1.74. The van der Waals surface area contributed by atoms with Crippen molar-refractivity contribution in [2.75, 3.05) is 20.3 Å². The molecule has 1 amide bonds. The Morgan fingerprint density at radius 2 is 1.86 bits per heavy atom. The fourth-order valence-corrected chi connectivity index (χ4v) is 2.87. The molecule has 7 heteroatoms. The average Bonchev–Trinajstić information content (AvgIpc) is 2.71. The monoisotopic (exact) mass is 381 g/mol. The second-order valence-corrected chi connectivity index (χ2v) is 6.79. The fourth-order valence-electron chi connectivity index (χ4n) is 2.87. The van der Waals surface area contributed by atoms with Crippen LogP contribution in [0.4, 0.5) is 4.79 Å². The summed E-state index contributed by atoms with van der Waals surface area (Å²) in [6, 6.07) is 14.9. The van der Waals surface area contributed by atoms with Gasteiger partial charge in [0, 0.05) is 12.1 Å². The summed E-state index contributed by atoms with van der Waals surface area (Å²) in [5.41, 5.74) is 1.74. The molecule has 0 saturated carbocycles. The average molecular weight is 381 g/mol. The molecule has 1 heterocycles. The molecule has 0 aliphatic heterocycles. The largest absolute Gasteiger partial charge is 0.453 e. The van der Waals surface area contributed by atoms with E-state index in [1.807, 2.05) is 56.3 Å². The number of hydrogen-bond donors (Lipinski definition) is 2. The number of hydrogen-bond acceptors (Lipinski definition) is 5. The van der Waals surface area contributed by atoms with Gasteiger partial charge in [0.2, 0.25) is 0 Å². The number of aromatic amines is 1. The van der Waals surface area contributed by atoms with E-state index in [4.69, 9.17) is 4.74 Å². The summed E-state index contributed by atoms with van der Waals surface area (Å²) < 4.78 is 10.4. The van der Waals surface area contributed by atoms with Crippen LogP contribution in [-0.2, 0) is 15.1 Å². The normalized spacial score (nSPS) is 11.4. The molecule has 0 saturated heterocycles. The van der Waals surface area contributed by atoms with Gasteiger partial charge < -0.3 is 19.8 Å². The molecule has 28 heavy (non-hydrogen) atoms. The van der Waals surface area contributed by atoms with Crippen LogP contribution in [0.5, 0.6) is 0 Å². The number of methoxy groups -OCH3 is 1. The minimum Gasteiger partial charge on any atom is -0.453 e. The third kappa shape index (κ3) is 4.37. The van der Waals surface area contributed by atoms with Crippen molar-refractivity contribution in [3.63, 3.8) is 0 Å². The van der Waals surface area contributed by atoms with Gasteiger partial charge in [0.1, 0.15) is 5.82 Å². The number of amides is 1. The molecule has 0 unspecified atom stereocenters. The van der Waals surface area contributed by atoms with E-state index in [-0.39, 0.29) is 5.56 Å². The number of nitrogens with one attached hydrogen (secondary N) is 2. The number of para-hydroxylation sites is 1. The first-order valence-corrected chi connectivity index (χ1v) is 8.96. The third-order valence-corrected chi connectivity index (χ3v) is 4.49. The molecule has 0 aliphatic rings. The summed E-state index contributed by atoms with van der Waals surface area (Å²) in [5.74, 6) is 0.524. The third-order valence-electron chi connectivity index (χ3n) is 4.49. The van der Waals surface area contributed by atoms with Crippen molar-refractivity contribution in [2.45, 2.75) is 19.4 Å². The SMILES string of the molecule is COC(=O)NCCOC(C)(C)c1ccc(-c2nc3ccccc3c(=O)[nH]2)cc1. The van der Waals surface area contributed by atoms with Gasteiger partial charge in [0.05, 0.1) is 30.2 Å². The number of nitrogens with zero attached hydrogens (tertiary/aromatic N) is 1. The van der Waals surface area contributed by atoms with Crippen LogP contribution in [0.15, 0.2) is 53.3 Å². The van der Waals surface area contributed by atoms with Gasteiger partial charge in [-0.15, -0.1) is 0 Å². The van der Waals surface area contributed by atoms with E-state index >= 15 is 0 Å². The zero-order valence-corrected chi connectivity index (χ0v) is 16.1. The van der Waals surface area contributed by atoms with Crippen LogP contribution >= 0.6 is 0 Å². The minimum atomic E-state index is -0.541. The second kappa shape index (κ2) is 8.22. The molecule has 0 atom stereocenters. The van der Waals surface area contributed by atoms with Crippen molar-refractivity contribution in [2.24, 2.45) is 0 Å². The molecule has 7 nitrogen and oxygen atoms in total. The van der Waals surface area contributed by atoms with Crippen LogP contribution < -0.4 is 10.9 Å². The van der Waals surface area contributed by atoms with E-state index in [1.165, 1.54) is 7.11 Å². The topological polar surface area (TPSA) is 93.3 Å². The molecule has 0 fully saturated rings. The number of carbonyl (C=O) groups is 1. The number of aromatic nitrogens is 2. The predicted molar refractivity (Wildman–Crippen MR) is 107 cm³/mol. The van der Waals surface area contributed by atoms with Gasteiger partial charge >= 0.3 is 6.09 Å². The number of rotatable bonds is 6. The van der Waals surface area contributed by atoms with Crippen LogP contribution in [0.2, 0.25) is 0 Å². The van der Waals surface area contributed by atoms with E-state index in [9.17, 15) is 9.59 Å². The number of fused-ring (bicyclic) bond motifs is 1. The first-order valence-electron chi connectivity index (χ1n) is 8.96. The number of benzene rings is 2. The zero-order valence-electron chi connectivity index (χ0n) is 16.1. The molecule has 0 bridgehead atoms. The van der Waals surface area contributed by atoms with Crippen molar-refractivity contribution in [3.05, 3.63) is 64.4 Å². The van der Waals surface area contributed by atoms with E-state index in [2.05, 4.69) is 20.0 Å². The summed E-state index contributed by atoms with van der Waals surface area (Å²) in [4.78, 5) is 30.7. The van der Waals surface area contributed by atoms with Gasteiger partial charge in [-0.05, 0) is 31.5 Å². The van der Waals surface area contributed by atoms with E-state index in [0.717, 1.165) is 11.1 Å². The first kappa shape index (κ1) is 19.6. The van der Waals surface area contributed by atoms with E-state index in [1.54, 1.807) is 6.07 Å². The molecular weight excluding hydrogens is 358 g/mol. The molecule has 3 rings (SSSR count).